The first-order valence-electron chi connectivity index (χ1n) is 12.4. The molecule has 0 aliphatic carbocycles. The maximum absolute atomic E-state index is 11.3. The third-order valence-electron chi connectivity index (χ3n) is 6.47. The predicted molar refractivity (Wildman–Crippen MR) is 161 cm³/mol. The van der Waals surface area contributed by atoms with Crippen LogP contribution in [0.25, 0.3) is 12.2 Å². The van der Waals surface area contributed by atoms with Crippen molar-refractivity contribution in [1.82, 2.24) is 0 Å². The van der Waals surface area contributed by atoms with Gasteiger partial charge in [0.15, 0.2) is 0 Å². The molecule has 0 N–H and O–H groups in total. The van der Waals surface area contributed by atoms with Gasteiger partial charge in [-0.05, 0) is 34.6 Å². The van der Waals surface area contributed by atoms with Gasteiger partial charge in [0, 0.05) is 24.3 Å². The first kappa shape index (κ1) is 27.6. The lowest BCUT2D eigenvalue weighted by atomic mass is 10.2. The van der Waals surface area contributed by atoms with Gasteiger partial charge in [-0.15, -0.1) is 0 Å². The maximum atomic E-state index is 11.3. The van der Waals surface area contributed by atoms with Crippen LogP contribution >= 0.6 is 0 Å². The minimum atomic E-state index is -2.79. The third kappa shape index (κ3) is 6.91. The standard InChI is InChI=1S/C30H28N2O5Si2/c1-38(29-15-5-3-6-16-29,21-19-25-11-9-13-27(23-25)31(33)34)37-39(2,30-17-7-4-8-18-30)22-20-26-12-10-14-28(24-26)32(35)36/h3-24H,1-2H3. The summed E-state index contributed by atoms with van der Waals surface area (Å²) in [5, 5.41) is 24.7. The Kier molecular flexibility index (Phi) is 8.45. The fraction of sp³-hybridized carbons (Fsp3) is 0.0667. The second kappa shape index (κ2) is 11.9. The second-order valence-electron chi connectivity index (χ2n) is 9.42. The topological polar surface area (TPSA) is 95.5 Å². The molecule has 0 heterocycles. The van der Waals surface area contributed by atoms with E-state index in [1.807, 2.05) is 84.9 Å². The molecule has 0 bridgehead atoms. The average Bonchev–Trinajstić information content (AvgIpc) is 2.96. The van der Waals surface area contributed by atoms with Gasteiger partial charge in [-0.25, -0.2) is 0 Å². The van der Waals surface area contributed by atoms with Crippen molar-refractivity contribution in [3.63, 3.8) is 0 Å². The highest BCUT2D eigenvalue weighted by Crippen LogP contribution is 2.23. The van der Waals surface area contributed by atoms with Gasteiger partial charge in [-0.3, -0.25) is 20.2 Å². The molecule has 0 fully saturated rings. The van der Waals surface area contributed by atoms with E-state index in [2.05, 4.69) is 24.5 Å². The Bertz CT molecular complexity index is 1410. The van der Waals surface area contributed by atoms with Gasteiger partial charge < -0.3 is 4.12 Å². The van der Waals surface area contributed by atoms with Crippen LogP contribution in [0, 0.1) is 20.2 Å². The van der Waals surface area contributed by atoms with Crippen LogP contribution in [-0.2, 0) is 4.12 Å². The summed E-state index contributed by atoms with van der Waals surface area (Å²) in [6, 6.07) is 33.1. The minimum Gasteiger partial charge on any atom is -0.443 e. The Labute approximate surface area is 229 Å². The quantitative estimate of drug-likeness (QED) is 0.131. The average molecular weight is 553 g/mol. The molecule has 9 heteroatoms. The molecule has 196 valence electrons. The number of hydrogen-bond donors (Lipinski definition) is 0. The zero-order valence-electron chi connectivity index (χ0n) is 21.6. The Morgan fingerprint density at radius 3 is 1.33 bits per heavy atom. The molecule has 0 spiro atoms. The summed E-state index contributed by atoms with van der Waals surface area (Å²) in [5.74, 6) is 0. The highest BCUT2D eigenvalue weighted by molar-refractivity contribution is 7.02. The normalized spacial score (nSPS) is 14.6. The molecule has 0 saturated carbocycles. The molecule has 2 unspecified atom stereocenters. The molecule has 39 heavy (non-hydrogen) atoms. The number of nitro benzene ring substituents is 2. The van der Waals surface area contributed by atoms with E-state index in [-0.39, 0.29) is 11.4 Å². The van der Waals surface area contributed by atoms with E-state index in [9.17, 15) is 20.2 Å². The van der Waals surface area contributed by atoms with Crippen LogP contribution in [0.3, 0.4) is 0 Å². The lowest BCUT2D eigenvalue weighted by Gasteiger charge is -2.36. The van der Waals surface area contributed by atoms with Gasteiger partial charge in [0.25, 0.3) is 11.4 Å². The smallest absolute Gasteiger partial charge is 0.270 e. The largest absolute Gasteiger partial charge is 0.443 e. The lowest BCUT2D eigenvalue weighted by Crippen LogP contribution is -2.59. The lowest BCUT2D eigenvalue weighted by molar-refractivity contribution is -0.385. The SMILES string of the molecule is C[Si](C=Cc1cccc([N+](=O)[O-])c1)(O[Si](C)(C=Cc1cccc([N+](=O)[O-])c1)c1ccccc1)c1ccccc1. The molecular weight excluding hydrogens is 525 g/mol. The van der Waals surface area contributed by atoms with E-state index in [1.165, 1.54) is 12.1 Å². The van der Waals surface area contributed by atoms with Gasteiger partial charge in [0.05, 0.1) is 9.85 Å². The number of non-ortho nitro benzene ring substituents is 2. The Morgan fingerprint density at radius 2 is 0.974 bits per heavy atom. The summed E-state index contributed by atoms with van der Waals surface area (Å²) in [6.45, 7) is 4.23. The van der Waals surface area contributed by atoms with Crippen molar-refractivity contribution in [2.24, 2.45) is 0 Å². The summed E-state index contributed by atoms with van der Waals surface area (Å²) < 4.78 is 7.23. The van der Waals surface area contributed by atoms with Crippen molar-refractivity contribution in [3.05, 3.63) is 152 Å². The molecule has 2 atom stereocenters. The minimum absolute atomic E-state index is 0.0320. The van der Waals surface area contributed by atoms with Gasteiger partial charge >= 0.3 is 0 Å². The van der Waals surface area contributed by atoms with Crippen molar-refractivity contribution >= 4 is 50.5 Å². The van der Waals surface area contributed by atoms with Gasteiger partial charge in [0.2, 0.25) is 16.6 Å². The van der Waals surface area contributed by atoms with Gasteiger partial charge in [-0.1, -0.05) is 108 Å². The van der Waals surface area contributed by atoms with E-state index < -0.39 is 26.5 Å². The third-order valence-corrected chi connectivity index (χ3v) is 14.4. The Morgan fingerprint density at radius 1 is 0.590 bits per heavy atom. The number of nitrogens with zero attached hydrogens (tertiary/aromatic N) is 2. The van der Waals surface area contributed by atoms with Crippen molar-refractivity contribution in [2.75, 3.05) is 0 Å². The molecule has 0 aliphatic heterocycles. The number of benzene rings is 4. The van der Waals surface area contributed by atoms with Gasteiger partial charge in [0.1, 0.15) is 0 Å². The zero-order valence-corrected chi connectivity index (χ0v) is 23.6. The van der Waals surface area contributed by atoms with Crippen LogP contribution in [0.4, 0.5) is 11.4 Å². The molecule has 0 aromatic heterocycles. The summed E-state index contributed by atoms with van der Waals surface area (Å²) in [5.41, 5.74) is 5.64. The van der Waals surface area contributed by atoms with Crippen LogP contribution in [0.2, 0.25) is 13.1 Å². The van der Waals surface area contributed by atoms with E-state index in [0.29, 0.717) is 0 Å². The summed E-state index contributed by atoms with van der Waals surface area (Å²) in [4.78, 5) is 21.8. The molecule has 7 nitrogen and oxygen atoms in total. The van der Waals surface area contributed by atoms with Gasteiger partial charge in [-0.2, -0.15) is 0 Å². The number of hydrogen-bond acceptors (Lipinski definition) is 5. The predicted octanol–water partition coefficient (Wildman–Crippen LogP) is 6.29. The molecule has 0 saturated heterocycles. The fourth-order valence-corrected chi connectivity index (χ4v) is 12.5. The Balaban J connectivity index is 1.78. The number of rotatable bonds is 10. The first-order valence-corrected chi connectivity index (χ1v) is 17.3. The Hall–Kier alpha value is -4.45. The summed E-state index contributed by atoms with van der Waals surface area (Å²) in [6.07, 6.45) is 3.80. The number of nitro groups is 2. The molecule has 4 aromatic carbocycles. The van der Waals surface area contributed by atoms with Crippen molar-refractivity contribution in [3.8, 4) is 0 Å². The summed E-state index contributed by atoms with van der Waals surface area (Å²) >= 11 is 0. The van der Waals surface area contributed by atoms with Crippen LogP contribution in [-0.4, -0.2) is 26.5 Å². The van der Waals surface area contributed by atoms with Crippen LogP contribution in [0.1, 0.15) is 11.1 Å². The van der Waals surface area contributed by atoms with E-state index >= 15 is 0 Å². The fourth-order valence-electron chi connectivity index (χ4n) is 4.35. The van der Waals surface area contributed by atoms with E-state index in [4.69, 9.17) is 4.12 Å². The maximum Gasteiger partial charge on any atom is 0.270 e. The molecule has 0 aliphatic rings. The second-order valence-corrected chi connectivity index (χ2v) is 16.5. The van der Waals surface area contributed by atoms with Crippen molar-refractivity contribution in [1.29, 1.82) is 0 Å². The van der Waals surface area contributed by atoms with Crippen LogP contribution in [0.5, 0.6) is 0 Å². The molecular formula is C30H28N2O5Si2. The molecule has 0 radical (unpaired) electrons. The summed E-state index contributed by atoms with van der Waals surface area (Å²) in [7, 11) is -5.57. The van der Waals surface area contributed by atoms with Crippen molar-refractivity contribution in [2.45, 2.75) is 13.1 Å². The van der Waals surface area contributed by atoms with Crippen LogP contribution < -0.4 is 10.4 Å². The monoisotopic (exact) mass is 552 g/mol. The zero-order chi connectivity index (χ0) is 27.9. The first-order chi connectivity index (χ1) is 18.7. The van der Waals surface area contributed by atoms with E-state index in [1.54, 1.807) is 24.3 Å². The highest BCUT2D eigenvalue weighted by Gasteiger charge is 2.39. The van der Waals surface area contributed by atoms with E-state index in [0.717, 1.165) is 21.5 Å². The van der Waals surface area contributed by atoms with Crippen LogP contribution in [0.15, 0.2) is 121 Å². The van der Waals surface area contributed by atoms with Crippen molar-refractivity contribution < 1.29 is 14.0 Å². The molecule has 4 rings (SSSR count). The highest BCUT2D eigenvalue weighted by atomic mass is 28.4. The molecule has 0 amide bonds. The molecule has 4 aromatic rings.